The van der Waals surface area contributed by atoms with Crippen molar-refractivity contribution in [2.75, 3.05) is 52.6 Å². The first-order valence-corrected chi connectivity index (χ1v) is 17.3. The summed E-state index contributed by atoms with van der Waals surface area (Å²) >= 11 is 0. The van der Waals surface area contributed by atoms with Crippen molar-refractivity contribution in [3.05, 3.63) is 46.0 Å². The molecule has 1 unspecified atom stereocenters. The van der Waals surface area contributed by atoms with E-state index in [-0.39, 0.29) is 16.2 Å². The molecule has 0 radical (unpaired) electrons. The van der Waals surface area contributed by atoms with Gasteiger partial charge in [0.2, 0.25) is 7.44 Å². The molecule has 2 fully saturated rings. The van der Waals surface area contributed by atoms with Crippen LogP contribution in [0, 0.1) is 6.92 Å². The first kappa shape index (κ1) is 30.0. The highest BCUT2D eigenvalue weighted by Gasteiger charge is 2.42. The average molecular weight is 561 g/mol. The summed E-state index contributed by atoms with van der Waals surface area (Å²) in [4.78, 5) is 0. The largest absolute Gasteiger partial charge is 0.379 e. The minimum atomic E-state index is -2.96. The van der Waals surface area contributed by atoms with E-state index in [2.05, 4.69) is 102 Å². The standard InChI is InChI=1S/C31H50N2O3P2/c1-23-21-37(22-27(23)38(34,32-11-15-35-16-12-32)33-13-17-36-18-14-33)28-25(30(5,6)7)19-24(29(2,3)4)20-26(28)31(8,9)10/h19-22H,11-18H2,1-10H3. The number of morpholine rings is 2. The Hall–Kier alpha value is -0.930. The number of aryl methyl sites for hydroxylation is 1. The molecule has 0 N–H and O–H groups in total. The van der Waals surface area contributed by atoms with Crippen LogP contribution in [-0.2, 0) is 30.3 Å². The third-order valence-corrected chi connectivity index (χ3v) is 13.8. The predicted molar refractivity (Wildman–Crippen MR) is 163 cm³/mol. The van der Waals surface area contributed by atoms with Crippen LogP contribution in [0.4, 0.5) is 0 Å². The van der Waals surface area contributed by atoms with E-state index in [1.807, 2.05) is 0 Å². The van der Waals surface area contributed by atoms with Gasteiger partial charge in [0.15, 0.2) is 0 Å². The minimum Gasteiger partial charge on any atom is -0.379 e. The van der Waals surface area contributed by atoms with Crippen LogP contribution < -0.4 is 5.30 Å². The molecule has 38 heavy (non-hydrogen) atoms. The zero-order valence-corrected chi connectivity index (χ0v) is 27.3. The second-order valence-electron chi connectivity index (χ2n) is 14.1. The highest BCUT2D eigenvalue weighted by molar-refractivity contribution is 7.69. The molecule has 1 aromatic carbocycles. The molecule has 2 aliphatic heterocycles. The molecule has 4 rings (SSSR count). The van der Waals surface area contributed by atoms with Crippen molar-refractivity contribution in [1.82, 2.24) is 9.34 Å². The predicted octanol–water partition coefficient (Wildman–Crippen LogP) is 7.35. The fourth-order valence-corrected chi connectivity index (χ4v) is 12.3. The number of benzene rings is 1. The molecule has 0 spiro atoms. The number of hydrogen-bond acceptors (Lipinski definition) is 3. The van der Waals surface area contributed by atoms with Gasteiger partial charge in [0.05, 0.1) is 26.4 Å². The van der Waals surface area contributed by atoms with E-state index >= 15 is 4.57 Å². The van der Waals surface area contributed by atoms with Crippen molar-refractivity contribution in [2.45, 2.75) is 85.5 Å². The lowest BCUT2D eigenvalue weighted by Gasteiger charge is -2.42. The second-order valence-corrected chi connectivity index (χ2v) is 18.6. The van der Waals surface area contributed by atoms with Crippen LogP contribution >= 0.6 is 15.0 Å². The Morgan fingerprint density at radius 3 is 1.50 bits per heavy atom. The Morgan fingerprint density at radius 1 is 0.711 bits per heavy atom. The molecule has 2 saturated heterocycles. The summed E-state index contributed by atoms with van der Waals surface area (Å²) in [7, 11) is -3.72. The van der Waals surface area contributed by atoms with Crippen LogP contribution in [0.1, 0.15) is 84.6 Å². The monoisotopic (exact) mass is 560 g/mol. The highest BCUT2D eigenvalue weighted by Crippen LogP contribution is 2.58. The van der Waals surface area contributed by atoms with E-state index in [1.165, 1.54) is 27.6 Å². The lowest BCUT2D eigenvalue weighted by Crippen LogP contribution is -2.46. The molecule has 0 bridgehead atoms. The zero-order chi connectivity index (χ0) is 28.1. The summed E-state index contributed by atoms with van der Waals surface area (Å²) in [6.07, 6.45) is 0. The highest BCUT2D eigenvalue weighted by atomic mass is 31.2. The molecular formula is C31H50N2O3P2. The topological polar surface area (TPSA) is 42.0 Å². The summed E-state index contributed by atoms with van der Waals surface area (Å²) in [5.41, 5.74) is 5.48. The summed E-state index contributed by atoms with van der Waals surface area (Å²) in [6.45, 7) is 28.5. The molecule has 0 saturated carbocycles. The van der Waals surface area contributed by atoms with Crippen molar-refractivity contribution >= 4 is 20.3 Å². The van der Waals surface area contributed by atoms with E-state index in [9.17, 15) is 0 Å². The molecule has 7 heteroatoms. The molecule has 0 amide bonds. The van der Waals surface area contributed by atoms with Crippen LogP contribution in [0.15, 0.2) is 23.7 Å². The molecule has 5 nitrogen and oxygen atoms in total. The fraction of sp³-hybridized carbons (Fsp3) is 0.677. The Bertz CT molecular complexity index is 1130. The van der Waals surface area contributed by atoms with Crippen LogP contribution in [-0.4, -0.2) is 61.9 Å². The van der Waals surface area contributed by atoms with Crippen molar-refractivity contribution in [3.8, 4) is 5.30 Å². The van der Waals surface area contributed by atoms with Gasteiger partial charge in [-0.25, -0.2) is 9.34 Å². The molecule has 3 heterocycles. The van der Waals surface area contributed by atoms with Crippen LogP contribution in [0.3, 0.4) is 0 Å². The second kappa shape index (κ2) is 10.8. The maximum atomic E-state index is 15.3. The third-order valence-electron chi connectivity index (χ3n) is 7.90. The summed E-state index contributed by atoms with van der Waals surface area (Å²) < 4.78 is 31.1. The Kier molecular flexibility index (Phi) is 8.54. The van der Waals surface area contributed by atoms with Crippen LogP contribution in [0.2, 0.25) is 0 Å². The molecule has 212 valence electrons. The quantitative estimate of drug-likeness (QED) is 0.366. The summed E-state index contributed by atoms with van der Waals surface area (Å²) in [6, 6.07) is 4.93. The van der Waals surface area contributed by atoms with Crippen LogP contribution in [0.25, 0.3) is 5.30 Å². The van der Waals surface area contributed by atoms with Crippen molar-refractivity contribution in [2.24, 2.45) is 0 Å². The normalized spacial score (nSPS) is 19.7. The molecule has 1 aromatic heterocycles. The van der Waals surface area contributed by atoms with Gasteiger partial charge in [-0.1, -0.05) is 82.0 Å². The van der Waals surface area contributed by atoms with Gasteiger partial charge in [-0.2, -0.15) is 0 Å². The molecule has 2 aromatic rings. The molecule has 0 aliphatic carbocycles. The van der Waals surface area contributed by atoms with Crippen molar-refractivity contribution in [1.29, 1.82) is 0 Å². The summed E-state index contributed by atoms with van der Waals surface area (Å²) in [5.74, 6) is 4.85. The number of rotatable bonds is 4. The Balaban J connectivity index is 1.97. The lowest BCUT2D eigenvalue weighted by molar-refractivity contribution is 0.0538. The van der Waals surface area contributed by atoms with Gasteiger partial charge in [-0.05, 0) is 57.0 Å². The number of ether oxygens (including phenoxy) is 2. The smallest absolute Gasteiger partial charge is 0.246 e. The molecular weight excluding hydrogens is 510 g/mol. The van der Waals surface area contributed by atoms with E-state index < -0.39 is 15.0 Å². The SMILES string of the molecule is Cc1cp(-c2c(C(C)(C)C)cc(C(C)(C)C)cc2C(C)(C)C)cc1P(=O)(N1CCOCC1)N1CCOCC1. The Labute approximate surface area is 232 Å². The number of nitrogens with zero attached hydrogens (tertiary/aromatic N) is 2. The maximum absolute atomic E-state index is 15.3. The average Bonchev–Trinajstić information content (AvgIpc) is 3.24. The van der Waals surface area contributed by atoms with Gasteiger partial charge in [0.25, 0.3) is 0 Å². The van der Waals surface area contributed by atoms with Crippen LogP contribution in [0.5, 0.6) is 0 Å². The van der Waals surface area contributed by atoms with E-state index in [0.717, 1.165) is 5.30 Å². The van der Waals surface area contributed by atoms with Gasteiger partial charge in [-0.15, -0.1) is 0 Å². The Morgan fingerprint density at radius 2 is 1.13 bits per heavy atom. The van der Waals surface area contributed by atoms with Gasteiger partial charge in [0.1, 0.15) is 0 Å². The number of hydrogen-bond donors (Lipinski definition) is 0. The first-order valence-electron chi connectivity index (χ1n) is 14.2. The van der Waals surface area contributed by atoms with Gasteiger partial charge < -0.3 is 9.47 Å². The van der Waals surface area contributed by atoms with E-state index in [0.29, 0.717) is 52.6 Å². The fourth-order valence-electron chi connectivity index (χ4n) is 5.60. The zero-order valence-electron chi connectivity index (χ0n) is 25.5. The van der Waals surface area contributed by atoms with E-state index in [4.69, 9.17) is 9.47 Å². The van der Waals surface area contributed by atoms with Crippen molar-refractivity contribution in [3.63, 3.8) is 0 Å². The van der Waals surface area contributed by atoms with Gasteiger partial charge in [0, 0.05) is 36.8 Å². The van der Waals surface area contributed by atoms with Gasteiger partial charge >= 0.3 is 0 Å². The molecule has 2 aliphatic rings. The first-order chi connectivity index (χ1) is 17.5. The van der Waals surface area contributed by atoms with Crippen molar-refractivity contribution < 1.29 is 14.0 Å². The van der Waals surface area contributed by atoms with E-state index in [1.54, 1.807) is 0 Å². The summed E-state index contributed by atoms with van der Waals surface area (Å²) in [5, 5.41) is 2.50. The maximum Gasteiger partial charge on any atom is 0.246 e. The third kappa shape index (κ3) is 5.90. The molecule has 1 atom stereocenters. The van der Waals surface area contributed by atoms with Gasteiger partial charge in [-0.3, -0.25) is 4.57 Å². The minimum absolute atomic E-state index is 0.00459. The lowest BCUT2D eigenvalue weighted by atomic mass is 9.75.